The summed E-state index contributed by atoms with van der Waals surface area (Å²) in [7, 11) is 0. The van der Waals surface area contributed by atoms with Crippen molar-refractivity contribution in [2.45, 2.75) is 20.3 Å². The lowest BCUT2D eigenvalue weighted by Gasteiger charge is -2.10. The molecule has 7 heteroatoms. The van der Waals surface area contributed by atoms with Crippen LogP contribution >= 0.6 is 11.6 Å². The summed E-state index contributed by atoms with van der Waals surface area (Å²) in [6.07, 6.45) is 2.49. The maximum Gasteiger partial charge on any atom is 0.256 e. The van der Waals surface area contributed by atoms with Gasteiger partial charge >= 0.3 is 0 Å². The van der Waals surface area contributed by atoms with E-state index in [1.807, 2.05) is 62.4 Å². The highest BCUT2D eigenvalue weighted by atomic mass is 35.5. The number of anilines is 4. The summed E-state index contributed by atoms with van der Waals surface area (Å²) < 4.78 is 0. The molecule has 0 spiro atoms. The lowest BCUT2D eigenvalue weighted by Crippen LogP contribution is -2.05. The van der Waals surface area contributed by atoms with Crippen molar-refractivity contribution >= 4 is 46.5 Å². The summed E-state index contributed by atoms with van der Waals surface area (Å²) in [6, 6.07) is 15.4. The number of hydrogen-bond donors (Lipinski definition) is 2. The van der Waals surface area contributed by atoms with Crippen molar-refractivity contribution < 1.29 is 0 Å². The molecule has 0 saturated heterocycles. The number of rotatable bonds is 5. The topological polar surface area (TPSA) is 75.1 Å². The normalized spacial score (nSPS) is 14.0. The van der Waals surface area contributed by atoms with Gasteiger partial charge in [-0.25, -0.2) is 4.99 Å². The Labute approximate surface area is 180 Å². The second-order valence-corrected chi connectivity index (χ2v) is 7.20. The minimum Gasteiger partial charge on any atom is -0.324 e. The van der Waals surface area contributed by atoms with Gasteiger partial charge in [-0.1, -0.05) is 47.7 Å². The van der Waals surface area contributed by atoms with Gasteiger partial charge in [0, 0.05) is 11.3 Å². The molecule has 30 heavy (non-hydrogen) atoms. The highest BCUT2D eigenvalue weighted by Gasteiger charge is 2.10. The number of aromatic nitrogens is 3. The van der Waals surface area contributed by atoms with Gasteiger partial charge in [0.2, 0.25) is 11.9 Å². The third-order valence-electron chi connectivity index (χ3n) is 4.20. The second kappa shape index (κ2) is 8.76. The van der Waals surface area contributed by atoms with E-state index in [0.29, 0.717) is 29.0 Å². The van der Waals surface area contributed by atoms with Gasteiger partial charge in [0.25, 0.3) is 5.95 Å². The van der Waals surface area contributed by atoms with Crippen molar-refractivity contribution in [2.24, 2.45) is 4.99 Å². The fourth-order valence-electron chi connectivity index (χ4n) is 2.87. The van der Waals surface area contributed by atoms with Gasteiger partial charge in [0.15, 0.2) is 0 Å². The maximum absolute atomic E-state index is 6.27. The first-order valence-corrected chi connectivity index (χ1v) is 9.79. The van der Waals surface area contributed by atoms with Gasteiger partial charge in [-0.05, 0) is 49.8 Å². The molecule has 1 aliphatic rings. The van der Waals surface area contributed by atoms with Gasteiger partial charge in [0.1, 0.15) is 0 Å². The average Bonchev–Trinajstić information content (AvgIpc) is 2.70. The van der Waals surface area contributed by atoms with Crippen molar-refractivity contribution in [3.05, 3.63) is 70.8 Å². The predicted octanol–water partition coefficient (Wildman–Crippen LogP) is 5.75. The number of halogens is 1. The summed E-state index contributed by atoms with van der Waals surface area (Å²) >= 11 is 6.27. The number of para-hydroxylation sites is 1. The quantitative estimate of drug-likeness (QED) is 0.520. The number of hydrogen-bond acceptors (Lipinski definition) is 6. The highest BCUT2D eigenvalue weighted by Crippen LogP contribution is 2.25. The zero-order chi connectivity index (χ0) is 20.9. The largest absolute Gasteiger partial charge is 0.324 e. The van der Waals surface area contributed by atoms with Crippen LogP contribution in [0.4, 0.5) is 29.2 Å². The van der Waals surface area contributed by atoms with Crippen molar-refractivity contribution in [2.75, 3.05) is 10.6 Å². The third-order valence-corrected chi connectivity index (χ3v) is 4.53. The Morgan fingerprint density at radius 3 is 2.53 bits per heavy atom. The number of benzene rings is 2. The van der Waals surface area contributed by atoms with Crippen molar-refractivity contribution in [3.8, 4) is 11.8 Å². The zero-order valence-electron chi connectivity index (χ0n) is 16.6. The van der Waals surface area contributed by atoms with Crippen molar-refractivity contribution in [1.82, 2.24) is 15.0 Å². The van der Waals surface area contributed by atoms with Gasteiger partial charge in [-0.3, -0.25) is 0 Å². The van der Waals surface area contributed by atoms with Crippen LogP contribution in [0.15, 0.2) is 65.2 Å². The first-order chi connectivity index (χ1) is 14.5. The standard InChI is InChI=1S/C23H19ClN6/c1-15-7-5-9-17(13-15)25-21-28-22(26-18-10-6-8-16(2)14-18)30-23(29-21)27-20-12-4-3-11-19(20)24/h3-5,7,9,11-14H,10H2,1-2H3,(H2,25,27,28,29,30). The van der Waals surface area contributed by atoms with Crippen LogP contribution in [0.1, 0.15) is 18.9 Å². The number of nitrogens with zero attached hydrogens (tertiary/aromatic N) is 4. The average molecular weight is 415 g/mol. The van der Waals surface area contributed by atoms with Crippen LogP contribution in [0.2, 0.25) is 5.02 Å². The van der Waals surface area contributed by atoms with Crippen molar-refractivity contribution in [3.63, 3.8) is 0 Å². The van der Waals surface area contributed by atoms with E-state index in [0.717, 1.165) is 22.5 Å². The van der Waals surface area contributed by atoms with Crippen LogP contribution in [-0.4, -0.2) is 20.7 Å². The number of aliphatic imine (C=N–C) groups is 1. The van der Waals surface area contributed by atoms with Crippen LogP contribution in [0.3, 0.4) is 0 Å². The molecule has 2 N–H and O–H groups in total. The minimum atomic E-state index is 0.289. The molecule has 0 aliphatic heterocycles. The maximum atomic E-state index is 6.27. The van der Waals surface area contributed by atoms with E-state index in [2.05, 4.69) is 42.4 Å². The highest BCUT2D eigenvalue weighted by molar-refractivity contribution is 6.33. The first kappa shape index (κ1) is 19.6. The van der Waals surface area contributed by atoms with E-state index in [1.165, 1.54) is 0 Å². The second-order valence-electron chi connectivity index (χ2n) is 6.79. The molecular weight excluding hydrogens is 396 g/mol. The summed E-state index contributed by atoms with van der Waals surface area (Å²) in [5, 5.41) is 6.94. The lowest BCUT2D eigenvalue weighted by molar-refractivity contribution is 1.05. The molecule has 2 aromatic carbocycles. The summed E-state index contributed by atoms with van der Waals surface area (Å²) in [5.74, 6) is 7.11. The number of nitrogens with one attached hydrogen (secondary N) is 2. The Morgan fingerprint density at radius 1 is 0.967 bits per heavy atom. The Morgan fingerprint density at radius 2 is 1.77 bits per heavy atom. The molecule has 0 atom stereocenters. The zero-order valence-corrected chi connectivity index (χ0v) is 17.3. The smallest absolute Gasteiger partial charge is 0.256 e. The Balaban J connectivity index is 1.71. The van der Waals surface area contributed by atoms with Crippen LogP contribution in [-0.2, 0) is 0 Å². The summed E-state index contributed by atoms with van der Waals surface area (Å²) in [5.41, 5.74) is 4.47. The molecule has 3 aromatic rings. The van der Waals surface area contributed by atoms with E-state index in [1.54, 1.807) is 6.07 Å². The first-order valence-electron chi connectivity index (χ1n) is 9.41. The van der Waals surface area contributed by atoms with E-state index in [4.69, 9.17) is 11.6 Å². The molecule has 0 unspecified atom stereocenters. The molecule has 0 amide bonds. The SMILES string of the molecule is CC1=CC(=Nc2nc(Nc3cccc(C)c3)nc(Nc3ccccc3Cl)n2)CC#C1. The molecule has 1 aliphatic carbocycles. The van der Waals surface area contributed by atoms with Crippen LogP contribution in [0.5, 0.6) is 0 Å². The van der Waals surface area contributed by atoms with E-state index in [9.17, 15) is 0 Å². The Bertz CT molecular complexity index is 1220. The molecule has 0 radical (unpaired) electrons. The third kappa shape index (κ3) is 5.02. The fourth-order valence-corrected chi connectivity index (χ4v) is 3.06. The van der Waals surface area contributed by atoms with E-state index >= 15 is 0 Å². The fraction of sp³-hybridized carbons (Fsp3) is 0.130. The Hall–Kier alpha value is -3.69. The van der Waals surface area contributed by atoms with Gasteiger partial charge < -0.3 is 10.6 Å². The van der Waals surface area contributed by atoms with Gasteiger partial charge in [0.05, 0.1) is 22.8 Å². The molecule has 4 rings (SSSR count). The summed E-state index contributed by atoms with van der Waals surface area (Å²) in [6.45, 7) is 3.98. The summed E-state index contributed by atoms with van der Waals surface area (Å²) in [4.78, 5) is 18.0. The molecule has 1 aromatic heterocycles. The Kier molecular flexibility index (Phi) is 5.73. The molecule has 148 valence electrons. The van der Waals surface area contributed by atoms with Crippen LogP contribution in [0.25, 0.3) is 0 Å². The van der Waals surface area contributed by atoms with Gasteiger partial charge in [-0.2, -0.15) is 15.0 Å². The number of allylic oxidation sites excluding steroid dienone is 2. The van der Waals surface area contributed by atoms with Crippen LogP contribution < -0.4 is 10.6 Å². The molecular formula is C23H19ClN6. The molecule has 0 saturated carbocycles. The van der Waals surface area contributed by atoms with E-state index < -0.39 is 0 Å². The van der Waals surface area contributed by atoms with Gasteiger partial charge in [-0.15, -0.1) is 0 Å². The lowest BCUT2D eigenvalue weighted by atomic mass is 10.1. The van der Waals surface area contributed by atoms with Crippen molar-refractivity contribution in [1.29, 1.82) is 0 Å². The minimum absolute atomic E-state index is 0.289. The predicted molar refractivity (Wildman–Crippen MR) is 122 cm³/mol. The molecule has 0 fully saturated rings. The molecule has 6 nitrogen and oxygen atoms in total. The van der Waals surface area contributed by atoms with E-state index in [-0.39, 0.29) is 5.95 Å². The molecule has 1 heterocycles. The number of aryl methyl sites for hydroxylation is 1. The molecule has 0 bridgehead atoms. The van der Waals surface area contributed by atoms with Crippen LogP contribution in [0, 0.1) is 18.8 Å². The monoisotopic (exact) mass is 414 g/mol.